The van der Waals surface area contributed by atoms with Crippen LogP contribution in [0, 0.1) is 0 Å². The Kier molecular flexibility index (Phi) is 9.84. The van der Waals surface area contributed by atoms with Crippen LogP contribution < -0.4 is 20.5 Å². The molecule has 2 aromatic rings. The Bertz CT molecular complexity index is 1210. The molecule has 214 valence electrons. The Morgan fingerprint density at radius 2 is 1.85 bits per heavy atom. The molecule has 1 aliphatic heterocycles. The maximum absolute atomic E-state index is 10.6. The lowest BCUT2D eigenvalue weighted by atomic mass is 9.65. The van der Waals surface area contributed by atoms with Gasteiger partial charge in [-0.15, -0.1) is 0 Å². The number of aliphatic imine (C=N–C) groups is 1. The van der Waals surface area contributed by atoms with E-state index in [4.69, 9.17) is 53.3 Å². The van der Waals surface area contributed by atoms with Crippen LogP contribution in [0.1, 0.15) is 31.2 Å². The van der Waals surface area contributed by atoms with E-state index in [1.165, 1.54) is 5.56 Å². The highest BCUT2D eigenvalue weighted by molar-refractivity contribution is 6.44. The van der Waals surface area contributed by atoms with Crippen molar-refractivity contribution in [2.45, 2.75) is 49.4 Å². The molecule has 0 amide bonds. The van der Waals surface area contributed by atoms with Crippen LogP contribution >= 0.6 is 23.2 Å². The van der Waals surface area contributed by atoms with Crippen molar-refractivity contribution in [3.63, 3.8) is 0 Å². The van der Waals surface area contributed by atoms with Gasteiger partial charge in [0.15, 0.2) is 17.5 Å². The summed E-state index contributed by atoms with van der Waals surface area (Å²) in [5.41, 5.74) is 8.29. The van der Waals surface area contributed by atoms with Gasteiger partial charge in [-0.3, -0.25) is 0 Å². The number of methoxy groups -OCH3 is 2. The quantitative estimate of drug-likeness (QED) is 0.309. The third kappa shape index (κ3) is 7.01. The summed E-state index contributed by atoms with van der Waals surface area (Å²) in [5.74, 6) is -0.863. The molecule has 39 heavy (non-hydrogen) atoms. The summed E-state index contributed by atoms with van der Waals surface area (Å²) >= 11 is 12.4. The third-order valence-corrected chi connectivity index (χ3v) is 8.06. The minimum absolute atomic E-state index is 0.0821. The molecule has 2 fully saturated rings. The van der Waals surface area contributed by atoms with Gasteiger partial charge >= 0.3 is 12.1 Å². The summed E-state index contributed by atoms with van der Waals surface area (Å²) in [4.78, 5) is 16.1. The minimum Gasteiger partial charge on any atom is -0.493 e. The molecule has 1 saturated carbocycles. The number of ether oxygens (including phenoxy) is 2. The number of anilines is 1. The fraction of sp³-hybridized carbons (Fsp3) is 0.462. The number of rotatable bonds is 5. The summed E-state index contributed by atoms with van der Waals surface area (Å²) < 4.78 is 42.8. The van der Waals surface area contributed by atoms with Crippen LogP contribution in [0.5, 0.6) is 11.5 Å². The number of benzene rings is 2. The third-order valence-electron chi connectivity index (χ3n) is 7.24. The van der Waals surface area contributed by atoms with Gasteiger partial charge in [-0.25, -0.2) is 9.79 Å². The van der Waals surface area contributed by atoms with Crippen LogP contribution in [-0.2, 0) is 10.2 Å². The topological polar surface area (TPSA) is 109 Å². The SMILES string of the molecule is COc1ccc(C23CCC(N=C(N)Nc4cccc(Cl)c4Cl)CC2N(C)CC3)cc1OC.O=C(O)C(F)(F)F. The van der Waals surface area contributed by atoms with E-state index in [0.29, 0.717) is 27.7 Å². The zero-order valence-corrected chi connectivity index (χ0v) is 23.2. The van der Waals surface area contributed by atoms with Gasteiger partial charge in [0.2, 0.25) is 0 Å². The summed E-state index contributed by atoms with van der Waals surface area (Å²) in [6.45, 7) is 1.06. The van der Waals surface area contributed by atoms with Crippen LogP contribution in [0.4, 0.5) is 18.9 Å². The molecule has 1 saturated heterocycles. The number of carboxylic acid groups (broad SMARTS) is 1. The lowest BCUT2D eigenvalue weighted by Crippen LogP contribution is -2.47. The van der Waals surface area contributed by atoms with Crippen LogP contribution in [-0.4, -0.2) is 68.0 Å². The number of carboxylic acids is 1. The predicted octanol–water partition coefficient (Wildman–Crippen LogP) is 5.57. The second-order valence-electron chi connectivity index (χ2n) is 9.44. The minimum atomic E-state index is -5.08. The number of likely N-dealkylation sites (N-methyl/N-ethyl adjacent to an activating group) is 1. The average molecular weight is 591 g/mol. The van der Waals surface area contributed by atoms with Crippen LogP contribution in [0.25, 0.3) is 0 Å². The van der Waals surface area contributed by atoms with Gasteiger partial charge in [-0.05, 0) is 69.1 Å². The molecule has 1 heterocycles. The molecule has 1 aliphatic carbocycles. The number of nitrogens with one attached hydrogen (secondary N) is 1. The first-order valence-electron chi connectivity index (χ1n) is 12.1. The molecular weight excluding hydrogens is 560 g/mol. The molecule has 3 unspecified atom stereocenters. The molecule has 2 aromatic carbocycles. The number of halogens is 5. The van der Waals surface area contributed by atoms with Gasteiger partial charge in [0.1, 0.15) is 0 Å². The van der Waals surface area contributed by atoms with Gasteiger partial charge in [-0.1, -0.05) is 35.3 Å². The Labute approximate surface area is 234 Å². The Balaban J connectivity index is 0.000000532. The first-order chi connectivity index (χ1) is 18.3. The van der Waals surface area contributed by atoms with Crippen LogP contribution in [0.15, 0.2) is 41.4 Å². The Morgan fingerprint density at radius 1 is 1.18 bits per heavy atom. The number of nitrogens with two attached hydrogens (primary N) is 1. The van der Waals surface area contributed by atoms with Gasteiger partial charge in [-0.2, -0.15) is 13.2 Å². The van der Waals surface area contributed by atoms with E-state index < -0.39 is 12.1 Å². The molecule has 2 aliphatic rings. The van der Waals surface area contributed by atoms with Gasteiger partial charge in [0.05, 0.1) is 36.0 Å². The first-order valence-corrected chi connectivity index (χ1v) is 12.8. The standard InChI is InChI=1S/C24H30Cl2N4O2.C2HF3O2/c1-30-12-11-24(15-7-8-19(31-2)20(13-15)32-3)10-9-16(14-21(24)30)28-23(27)29-18-6-4-5-17(25)22(18)26;3-2(4,5)1(6)7/h4-8,13,16,21H,9-12,14H2,1-3H3,(H3,27,28,29);(H,6,7). The van der Waals surface area contributed by atoms with E-state index in [1.807, 2.05) is 18.2 Å². The monoisotopic (exact) mass is 590 g/mol. The second-order valence-corrected chi connectivity index (χ2v) is 10.2. The normalized spacial score (nSPS) is 23.3. The Morgan fingerprint density at radius 3 is 2.46 bits per heavy atom. The largest absolute Gasteiger partial charge is 0.493 e. The van der Waals surface area contributed by atoms with Crippen LogP contribution in [0.3, 0.4) is 0 Å². The zero-order valence-electron chi connectivity index (χ0n) is 21.7. The summed E-state index contributed by atoms with van der Waals surface area (Å²) in [6.07, 6.45) is -1.02. The fourth-order valence-corrected chi connectivity index (χ4v) is 5.68. The van der Waals surface area contributed by atoms with Crippen molar-refractivity contribution in [3.05, 3.63) is 52.0 Å². The highest BCUT2D eigenvalue weighted by Gasteiger charge is 2.50. The molecular formula is C26H31Cl2F3N4O4. The van der Waals surface area contributed by atoms with Crippen molar-refractivity contribution in [2.24, 2.45) is 10.7 Å². The maximum Gasteiger partial charge on any atom is 0.490 e. The number of hydrogen-bond acceptors (Lipinski definition) is 5. The number of alkyl halides is 3. The van der Waals surface area contributed by atoms with Gasteiger partial charge in [0, 0.05) is 11.5 Å². The number of likely N-dealkylation sites (tertiary alicyclic amines) is 1. The molecule has 0 spiro atoms. The van der Waals surface area contributed by atoms with Crippen molar-refractivity contribution >= 4 is 40.8 Å². The average Bonchev–Trinajstić information content (AvgIpc) is 3.23. The molecule has 8 nitrogen and oxygen atoms in total. The number of aliphatic carboxylic acids is 1. The van der Waals surface area contributed by atoms with Crippen molar-refractivity contribution < 1.29 is 32.5 Å². The number of guanidine groups is 1. The van der Waals surface area contributed by atoms with E-state index in [9.17, 15) is 13.2 Å². The van der Waals surface area contributed by atoms with Crippen molar-refractivity contribution in [1.82, 2.24) is 4.90 Å². The summed E-state index contributed by atoms with van der Waals surface area (Å²) in [6, 6.07) is 12.3. The van der Waals surface area contributed by atoms with Crippen molar-refractivity contribution in [2.75, 3.05) is 33.1 Å². The zero-order chi connectivity index (χ0) is 29.0. The lowest BCUT2D eigenvalue weighted by Gasteiger charge is -2.44. The van der Waals surface area contributed by atoms with Gasteiger partial charge in [0.25, 0.3) is 0 Å². The van der Waals surface area contributed by atoms with E-state index in [0.717, 1.165) is 43.7 Å². The van der Waals surface area contributed by atoms with Crippen LogP contribution in [0.2, 0.25) is 10.0 Å². The van der Waals surface area contributed by atoms with E-state index in [2.05, 4.69) is 29.4 Å². The van der Waals surface area contributed by atoms with E-state index >= 15 is 0 Å². The number of fused-ring (bicyclic) bond motifs is 1. The smallest absolute Gasteiger partial charge is 0.490 e. The lowest BCUT2D eigenvalue weighted by molar-refractivity contribution is -0.192. The highest BCUT2D eigenvalue weighted by Crippen LogP contribution is 2.50. The number of hydrogen-bond donors (Lipinski definition) is 3. The Hall–Kier alpha value is -2.89. The molecule has 0 aromatic heterocycles. The molecule has 3 atom stereocenters. The van der Waals surface area contributed by atoms with Crippen molar-refractivity contribution in [3.8, 4) is 11.5 Å². The summed E-state index contributed by atoms with van der Waals surface area (Å²) in [7, 11) is 5.55. The summed E-state index contributed by atoms with van der Waals surface area (Å²) in [5, 5.41) is 11.2. The van der Waals surface area contributed by atoms with E-state index in [-0.39, 0.29) is 11.5 Å². The number of nitrogens with zero attached hydrogens (tertiary/aromatic N) is 2. The first kappa shape index (κ1) is 30.6. The molecule has 0 bridgehead atoms. The van der Waals surface area contributed by atoms with Gasteiger partial charge < -0.3 is 30.5 Å². The molecule has 4 N–H and O–H groups in total. The van der Waals surface area contributed by atoms with Crippen molar-refractivity contribution in [1.29, 1.82) is 0 Å². The predicted molar refractivity (Wildman–Crippen MR) is 145 cm³/mol. The fourth-order valence-electron chi connectivity index (χ4n) is 5.33. The maximum atomic E-state index is 10.6. The highest BCUT2D eigenvalue weighted by atomic mass is 35.5. The molecule has 13 heteroatoms. The van der Waals surface area contributed by atoms with E-state index in [1.54, 1.807) is 20.3 Å². The molecule has 0 radical (unpaired) electrons. The second kappa shape index (κ2) is 12.5. The molecule has 4 rings (SSSR count). The number of carbonyl (C=O) groups is 1.